The Kier molecular flexibility index (Phi) is 6.72. The molecule has 0 saturated heterocycles. The van der Waals surface area contributed by atoms with Crippen LogP contribution in [0.1, 0.15) is 34.6 Å². The summed E-state index contributed by atoms with van der Waals surface area (Å²) < 4.78 is 36.0. The van der Waals surface area contributed by atoms with Crippen LogP contribution in [0, 0.1) is 13.8 Å². The third-order valence-corrected chi connectivity index (χ3v) is 6.24. The van der Waals surface area contributed by atoms with Crippen LogP contribution in [0.5, 0.6) is 5.75 Å². The summed E-state index contributed by atoms with van der Waals surface area (Å²) in [5, 5.41) is 0. The Morgan fingerprint density at radius 1 is 0.862 bits per heavy atom. The van der Waals surface area contributed by atoms with Crippen molar-refractivity contribution in [3.8, 4) is 5.75 Å². The number of hydrogen-bond acceptors (Lipinski definition) is 4. The maximum atomic E-state index is 12.5. The molecule has 0 aromatic heterocycles. The second kappa shape index (κ2) is 9.25. The summed E-state index contributed by atoms with van der Waals surface area (Å²) in [6.07, 6.45) is 0.509. The van der Waals surface area contributed by atoms with Gasteiger partial charge in [-0.1, -0.05) is 65.7 Å². The topological polar surface area (TPSA) is 52.6 Å². The second-order valence-corrected chi connectivity index (χ2v) is 8.70. The van der Waals surface area contributed by atoms with Crippen molar-refractivity contribution in [3.63, 3.8) is 0 Å². The van der Waals surface area contributed by atoms with Crippen molar-refractivity contribution in [2.75, 3.05) is 13.7 Å². The highest BCUT2D eigenvalue weighted by Crippen LogP contribution is 2.35. The highest BCUT2D eigenvalue weighted by molar-refractivity contribution is 7.86. The van der Waals surface area contributed by atoms with E-state index in [0.717, 1.165) is 28.0 Å². The Morgan fingerprint density at radius 2 is 1.52 bits per heavy atom. The van der Waals surface area contributed by atoms with Crippen LogP contribution < -0.4 is 4.74 Å². The molecule has 3 aromatic rings. The number of ether oxygens (including phenoxy) is 1. The summed E-state index contributed by atoms with van der Waals surface area (Å²) in [6.45, 7) is 4.02. The van der Waals surface area contributed by atoms with E-state index in [-0.39, 0.29) is 17.4 Å². The minimum atomic E-state index is -3.79. The first-order valence-corrected chi connectivity index (χ1v) is 11.0. The van der Waals surface area contributed by atoms with Gasteiger partial charge in [0.05, 0.1) is 18.6 Å². The fourth-order valence-corrected chi connectivity index (χ4v) is 4.28. The van der Waals surface area contributed by atoms with Gasteiger partial charge < -0.3 is 4.74 Å². The van der Waals surface area contributed by atoms with Gasteiger partial charge in [-0.25, -0.2) is 0 Å². The molecule has 3 rings (SSSR count). The molecule has 0 aliphatic carbocycles. The van der Waals surface area contributed by atoms with Crippen molar-refractivity contribution in [3.05, 3.63) is 95.1 Å². The minimum Gasteiger partial charge on any atom is -0.496 e. The van der Waals surface area contributed by atoms with Crippen LogP contribution in [-0.4, -0.2) is 22.1 Å². The minimum absolute atomic E-state index is 0.0423. The van der Waals surface area contributed by atoms with Gasteiger partial charge in [-0.05, 0) is 44.0 Å². The smallest absolute Gasteiger partial charge is 0.296 e. The maximum absolute atomic E-state index is 12.5. The van der Waals surface area contributed by atoms with Gasteiger partial charge in [-0.15, -0.1) is 0 Å². The summed E-state index contributed by atoms with van der Waals surface area (Å²) in [6, 6.07) is 22.7. The Balaban J connectivity index is 1.83. The maximum Gasteiger partial charge on any atom is 0.296 e. The lowest BCUT2D eigenvalue weighted by Crippen LogP contribution is -2.12. The fraction of sp³-hybridized carbons (Fsp3) is 0.250. The van der Waals surface area contributed by atoms with Crippen LogP contribution in [0.2, 0.25) is 0 Å². The number of aryl methyl sites for hydroxylation is 2. The van der Waals surface area contributed by atoms with Crippen molar-refractivity contribution in [2.45, 2.75) is 31.1 Å². The van der Waals surface area contributed by atoms with Crippen LogP contribution in [0.25, 0.3) is 0 Å². The molecule has 0 amide bonds. The number of rotatable bonds is 8. The molecule has 0 aliphatic heterocycles. The zero-order valence-electron chi connectivity index (χ0n) is 17.0. The van der Waals surface area contributed by atoms with E-state index in [2.05, 4.69) is 6.07 Å². The number of hydrogen-bond donors (Lipinski definition) is 0. The van der Waals surface area contributed by atoms with E-state index in [0.29, 0.717) is 6.42 Å². The van der Waals surface area contributed by atoms with Crippen molar-refractivity contribution in [1.82, 2.24) is 0 Å². The molecule has 0 bridgehead atoms. The standard InChI is InChI=1S/C24H26O4S/c1-18-9-12-21(13-10-18)29(25,26)28-16-15-22(20-7-5-4-6-8-20)23-17-19(2)11-14-24(23)27-3/h4-14,17,22H,15-16H2,1-3H3/t22-/m0/s1. The lowest BCUT2D eigenvalue weighted by molar-refractivity contribution is 0.304. The molecule has 0 unspecified atom stereocenters. The average Bonchev–Trinajstić information content (AvgIpc) is 2.72. The number of benzene rings is 3. The molecule has 0 saturated carbocycles. The van der Waals surface area contributed by atoms with Gasteiger partial charge in [0.25, 0.3) is 10.1 Å². The lowest BCUT2D eigenvalue weighted by Gasteiger charge is -2.21. The largest absolute Gasteiger partial charge is 0.496 e. The van der Waals surface area contributed by atoms with Crippen LogP contribution in [0.3, 0.4) is 0 Å². The average molecular weight is 411 g/mol. The molecule has 5 heteroatoms. The zero-order chi connectivity index (χ0) is 20.9. The van der Waals surface area contributed by atoms with E-state index in [9.17, 15) is 8.42 Å². The van der Waals surface area contributed by atoms with E-state index in [1.165, 1.54) is 0 Å². The molecular formula is C24H26O4S. The molecule has 0 aliphatic rings. The first-order valence-electron chi connectivity index (χ1n) is 9.56. The van der Waals surface area contributed by atoms with Crippen LogP contribution in [0.15, 0.2) is 77.7 Å². The Bertz CT molecular complexity index is 1040. The van der Waals surface area contributed by atoms with Gasteiger partial charge in [-0.2, -0.15) is 8.42 Å². The van der Waals surface area contributed by atoms with Crippen LogP contribution in [-0.2, 0) is 14.3 Å². The molecule has 1 atom stereocenters. The molecule has 0 heterocycles. The van der Waals surface area contributed by atoms with Gasteiger partial charge in [0.15, 0.2) is 0 Å². The van der Waals surface area contributed by atoms with Gasteiger partial charge in [0.1, 0.15) is 5.75 Å². The second-order valence-electron chi connectivity index (χ2n) is 7.09. The molecule has 29 heavy (non-hydrogen) atoms. The van der Waals surface area contributed by atoms with Gasteiger partial charge in [0, 0.05) is 11.5 Å². The molecular weight excluding hydrogens is 384 g/mol. The first-order chi connectivity index (χ1) is 13.9. The highest BCUT2D eigenvalue weighted by Gasteiger charge is 2.21. The van der Waals surface area contributed by atoms with Gasteiger partial charge in [0.2, 0.25) is 0 Å². The van der Waals surface area contributed by atoms with E-state index < -0.39 is 10.1 Å². The summed E-state index contributed by atoms with van der Waals surface area (Å²) in [7, 11) is -2.14. The lowest BCUT2D eigenvalue weighted by atomic mass is 9.87. The highest BCUT2D eigenvalue weighted by atomic mass is 32.2. The summed E-state index contributed by atoms with van der Waals surface area (Å²) >= 11 is 0. The first kappa shape index (κ1) is 21.1. The monoisotopic (exact) mass is 410 g/mol. The molecule has 0 radical (unpaired) electrons. The summed E-state index contributed by atoms with van der Waals surface area (Å²) in [5.41, 5.74) is 4.23. The molecule has 0 spiro atoms. The predicted molar refractivity (Wildman–Crippen MR) is 115 cm³/mol. The molecule has 0 fully saturated rings. The number of methoxy groups -OCH3 is 1. The van der Waals surface area contributed by atoms with Gasteiger partial charge in [-0.3, -0.25) is 4.18 Å². The van der Waals surface area contributed by atoms with E-state index in [4.69, 9.17) is 8.92 Å². The quantitative estimate of drug-likeness (QED) is 0.477. The van der Waals surface area contributed by atoms with Crippen molar-refractivity contribution in [2.24, 2.45) is 0 Å². The fourth-order valence-electron chi connectivity index (χ4n) is 3.36. The third kappa shape index (κ3) is 5.25. The summed E-state index contributed by atoms with van der Waals surface area (Å²) in [4.78, 5) is 0.174. The Morgan fingerprint density at radius 3 is 2.17 bits per heavy atom. The van der Waals surface area contributed by atoms with E-state index >= 15 is 0 Å². The molecule has 4 nitrogen and oxygen atoms in total. The zero-order valence-corrected chi connectivity index (χ0v) is 17.8. The van der Waals surface area contributed by atoms with E-state index in [1.807, 2.05) is 56.3 Å². The van der Waals surface area contributed by atoms with Crippen molar-refractivity contribution < 1.29 is 17.3 Å². The Labute approximate surface area is 173 Å². The predicted octanol–water partition coefficient (Wildman–Crippen LogP) is 5.24. The van der Waals surface area contributed by atoms with Gasteiger partial charge >= 0.3 is 0 Å². The SMILES string of the molecule is COc1ccc(C)cc1[C@@H](CCOS(=O)(=O)c1ccc(C)cc1)c1ccccc1. The molecule has 0 N–H and O–H groups in total. The van der Waals surface area contributed by atoms with Crippen LogP contribution >= 0.6 is 0 Å². The Hall–Kier alpha value is -2.63. The van der Waals surface area contributed by atoms with Crippen LogP contribution in [0.4, 0.5) is 0 Å². The third-order valence-electron chi connectivity index (χ3n) is 4.92. The van der Waals surface area contributed by atoms with Crippen molar-refractivity contribution in [1.29, 1.82) is 0 Å². The summed E-state index contributed by atoms with van der Waals surface area (Å²) in [5.74, 6) is 0.741. The molecule has 3 aromatic carbocycles. The van der Waals surface area contributed by atoms with E-state index in [1.54, 1.807) is 31.4 Å². The van der Waals surface area contributed by atoms with Crippen molar-refractivity contribution >= 4 is 10.1 Å². The normalized spacial score (nSPS) is 12.5. The molecule has 152 valence electrons.